The zero-order chi connectivity index (χ0) is 23.9. The summed E-state index contributed by atoms with van der Waals surface area (Å²) in [7, 11) is 5.23. The van der Waals surface area contributed by atoms with Gasteiger partial charge in [-0.1, -0.05) is 30.3 Å². The molecule has 0 aliphatic heterocycles. The fraction of sp³-hybridized carbons (Fsp3) is 0.111. The lowest BCUT2D eigenvalue weighted by Gasteiger charge is -2.14. The first kappa shape index (κ1) is 20.9. The van der Waals surface area contributed by atoms with Gasteiger partial charge < -0.3 is 9.47 Å². The van der Waals surface area contributed by atoms with E-state index in [4.69, 9.17) is 19.6 Å². The van der Waals surface area contributed by atoms with Gasteiger partial charge in [0.15, 0.2) is 0 Å². The van der Waals surface area contributed by atoms with Crippen molar-refractivity contribution in [1.29, 1.82) is 0 Å². The Bertz CT molecular complexity index is 1690. The van der Waals surface area contributed by atoms with Crippen LogP contribution in [0.3, 0.4) is 0 Å². The largest absolute Gasteiger partial charge is 0.496 e. The van der Waals surface area contributed by atoms with Crippen molar-refractivity contribution < 1.29 is 9.47 Å². The molecule has 0 unspecified atom stereocenters. The fourth-order valence-electron chi connectivity index (χ4n) is 4.56. The summed E-state index contributed by atoms with van der Waals surface area (Å²) < 4.78 is 13.1. The molecule has 3 aromatic carbocycles. The minimum absolute atomic E-state index is 0.712. The third-order valence-electron chi connectivity index (χ3n) is 6.18. The van der Waals surface area contributed by atoms with Crippen molar-refractivity contribution in [1.82, 2.24) is 29.9 Å². The zero-order valence-electron chi connectivity index (χ0n) is 19.5. The molecule has 0 radical (unpaired) electrons. The van der Waals surface area contributed by atoms with Crippen LogP contribution >= 0.6 is 0 Å². The molecule has 0 saturated heterocycles. The highest BCUT2D eigenvalue weighted by Crippen LogP contribution is 2.42. The lowest BCUT2D eigenvalue weighted by Crippen LogP contribution is -1.95. The Labute approximate surface area is 201 Å². The number of hydrogen-bond donors (Lipinski definition) is 1. The Morgan fingerprint density at radius 1 is 0.800 bits per heavy atom. The number of nitrogens with zero attached hydrogens (tertiary/aromatic N) is 5. The van der Waals surface area contributed by atoms with Crippen LogP contribution in [0.25, 0.3) is 55.4 Å². The number of rotatable bonds is 5. The number of nitrogens with one attached hydrogen (secondary N) is 1. The predicted molar refractivity (Wildman–Crippen MR) is 135 cm³/mol. The molecule has 0 atom stereocenters. The van der Waals surface area contributed by atoms with Gasteiger partial charge in [-0.2, -0.15) is 10.2 Å². The maximum absolute atomic E-state index is 5.79. The van der Waals surface area contributed by atoms with Crippen LogP contribution in [0.2, 0.25) is 0 Å². The van der Waals surface area contributed by atoms with Crippen LogP contribution in [0.4, 0.5) is 0 Å². The van der Waals surface area contributed by atoms with Gasteiger partial charge in [-0.25, -0.2) is 9.97 Å². The number of aryl methyl sites for hydroxylation is 1. The molecule has 6 rings (SSSR count). The van der Waals surface area contributed by atoms with E-state index in [1.807, 2.05) is 54.3 Å². The summed E-state index contributed by atoms with van der Waals surface area (Å²) in [5, 5.41) is 13.9. The third-order valence-corrected chi connectivity index (χ3v) is 6.18. The molecular formula is C27H22N6O2. The summed E-state index contributed by atoms with van der Waals surface area (Å²) in [4.78, 5) is 9.25. The molecule has 1 N–H and O–H groups in total. The normalized spacial score (nSPS) is 11.3. The molecule has 0 fully saturated rings. The highest BCUT2D eigenvalue weighted by Gasteiger charge is 2.20. The van der Waals surface area contributed by atoms with E-state index in [1.54, 1.807) is 26.7 Å². The van der Waals surface area contributed by atoms with Crippen LogP contribution in [0.5, 0.6) is 11.5 Å². The second-order valence-corrected chi connectivity index (χ2v) is 8.20. The van der Waals surface area contributed by atoms with Crippen molar-refractivity contribution in [2.45, 2.75) is 0 Å². The minimum Gasteiger partial charge on any atom is -0.496 e. The molecular weight excluding hydrogens is 440 g/mol. The Morgan fingerprint density at radius 2 is 1.63 bits per heavy atom. The summed E-state index contributed by atoms with van der Waals surface area (Å²) in [5.41, 5.74) is 7.14. The average Bonchev–Trinajstić information content (AvgIpc) is 3.54. The number of fused-ring (bicyclic) bond motifs is 2. The minimum atomic E-state index is 0.712. The molecule has 0 saturated carbocycles. The van der Waals surface area contributed by atoms with E-state index in [0.29, 0.717) is 5.75 Å². The van der Waals surface area contributed by atoms with Gasteiger partial charge in [-0.05, 0) is 23.8 Å². The molecule has 0 bridgehead atoms. The zero-order valence-corrected chi connectivity index (χ0v) is 19.5. The lowest BCUT2D eigenvalue weighted by molar-refractivity contribution is 0.416. The Balaban J connectivity index is 1.63. The van der Waals surface area contributed by atoms with Crippen molar-refractivity contribution >= 4 is 21.8 Å². The molecule has 0 aliphatic rings. The fourth-order valence-corrected chi connectivity index (χ4v) is 4.56. The van der Waals surface area contributed by atoms with Gasteiger partial charge in [0, 0.05) is 46.8 Å². The SMILES string of the molecule is COc1cc2ncnc(-c3cn(C)nc3-c3ccccc3)c2cc1-c1ccc(OC)c2[nH]ncc12. The molecule has 172 valence electrons. The molecule has 0 spiro atoms. The summed E-state index contributed by atoms with van der Waals surface area (Å²) >= 11 is 0. The van der Waals surface area contributed by atoms with E-state index in [9.17, 15) is 0 Å². The van der Waals surface area contributed by atoms with Gasteiger partial charge in [-0.15, -0.1) is 0 Å². The number of hydrogen-bond acceptors (Lipinski definition) is 6. The van der Waals surface area contributed by atoms with Crippen LogP contribution in [-0.4, -0.2) is 44.2 Å². The Morgan fingerprint density at radius 3 is 2.43 bits per heavy atom. The summed E-state index contributed by atoms with van der Waals surface area (Å²) in [5.74, 6) is 1.44. The second-order valence-electron chi connectivity index (χ2n) is 8.20. The number of ether oxygens (including phenoxy) is 2. The maximum atomic E-state index is 5.79. The number of benzene rings is 3. The van der Waals surface area contributed by atoms with E-state index in [2.05, 4.69) is 33.4 Å². The number of aromatic nitrogens is 6. The van der Waals surface area contributed by atoms with Crippen molar-refractivity contribution in [2.75, 3.05) is 14.2 Å². The molecule has 8 heteroatoms. The van der Waals surface area contributed by atoms with Crippen molar-refractivity contribution in [3.63, 3.8) is 0 Å². The van der Waals surface area contributed by atoms with Crippen LogP contribution < -0.4 is 9.47 Å². The van der Waals surface area contributed by atoms with E-state index in [0.717, 1.165) is 61.2 Å². The van der Waals surface area contributed by atoms with E-state index < -0.39 is 0 Å². The number of methoxy groups -OCH3 is 2. The Hall–Kier alpha value is -4.72. The van der Waals surface area contributed by atoms with Gasteiger partial charge in [-0.3, -0.25) is 9.78 Å². The van der Waals surface area contributed by atoms with Gasteiger partial charge >= 0.3 is 0 Å². The van der Waals surface area contributed by atoms with Crippen molar-refractivity contribution in [2.24, 2.45) is 7.05 Å². The molecule has 3 aromatic heterocycles. The molecule has 8 nitrogen and oxygen atoms in total. The molecule has 0 amide bonds. The highest BCUT2D eigenvalue weighted by atomic mass is 16.5. The molecule has 0 aliphatic carbocycles. The summed E-state index contributed by atoms with van der Waals surface area (Å²) in [6.45, 7) is 0. The number of aromatic amines is 1. The summed E-state index contributed by atoms with van der Waals surface area (Å²) in [6.07, 6.45) is 5.38. The second kappa shape index (κ2) is 8.25. The lowest BCUT2D eigenvalue weighted by atomic mass is 9.96. The molecule has 6 aromatic rings. The predicted octanol–water partition coefficient (Wildman–Crippen LogP) is 5.26. The smallest absolute Gasteiger partial charge is 0.144 e. The van der Waals surface area contributed by atoms with Crippen molar-refractivity contribution in [3.8, 4) is 45.1 Å². The first-order valence-electron chi connectivity index (χ1n) is 11.1. The quantitative estimate of drug-likeness (QED) is 0.376. The van der Waals surface area contributed by atoms with Gasteiger partial charge in [0.2, 0.25) is 0 Å². The van der Waals surface area contributed by atoms with Gasteiger partial charge in [0.05, 0.1) is 31.6 Å². The Kier molecular flexibility index (Phi) is 4.92. The highest BCUT2D eigenvalue weighted by molar-refractivity contribution is 6.04. The molecule has 35 heavy (non-hydrogen) atoms. The van der Waals surface area contributed by atoms with Crippen LogP contribution in [0.1, 0.15) is 0 Å². The average molecular weight is 463 g/mol. The van der Waals surface area contributed by atoms with Gasteiger partial charge in [0.25, 0.3) is 0 Å². The van der Waals surface area contributed by atoms with E-state index >= 15 is 0 Å². The first-order valence-corrected chi connectivity index (χ1v) is 11.1. The topological polar surface area (TPSA) is 90.7 Å². The monoisotopic (exact) mass is 462 g/mol. The first-order chi connectivity index (χ1) is 17.2. The van der Waals surface area contributed by atoms with Crippen LogP contribution in [0, 0.1) is 0 Å². The summed E-state index contributed by atoms with van der Waals surface area (Å²) in [6, 6.07) is 18.1. The van der Waals surface area contributed by atoms with E-state index in [-0.39, 0.29) is 0 Å². The third kappa shape index (κ3) is 3.38. The van der Waals surface area contributed by atoms with Crippen molar-refractivity contribution in [3.05, 3.63) is 73.3 Å². The number of H-pyrrole nitrogens is 1. The maximum Gasteiger partial charge on any atom is 0.144 e. The van der Waals surface area contributed by atoms with Crippen LogP contribution in [0.15, 0.2) is 73.3 Å². The molecule has 3 heterocycles. The van der Waals surface area contributed by atoms with E-state index in [1.165, 1.54) is 0 Å². The van der Waals surface area contributed by atoms with Gasteiger partial charge in [0.1, 0.15) is 29.0 Å². The van der Waals surface area contributed by atoms with Crippen LogP contribution in [-0.2, 0) is 7.05 Å². The standard InChI is InChI=1S/C27H22N6O2/c1-33-14-21(25(32-33)16-7-5-4-6-8-16)26-19-11-18(24(35-3)12-22(19)28-15-29-26)17-9-10-23(34-2)27-20(17)13-30-31-27/h4-15H,1-3H3,(H,30,31).